The van der Waals surface area contributed by atoms with Gasteiger partial charge in [-0.25, -0.2) is 9.37 Å². The minimum Gasteiger partial charge on any atom is -0.492 e. The minimum atomic E-state index is -0.544. The molecule has 3 aromatic rings. The van der Waals surface area contributed by atoms with Gasteiger partial charge in [0.2, 0.25) is 5.91 Å². The van der Waals surface area contributed by atoms with Gasteiger partial charge in [0.15, 0.2) is 16.5 Å². The molecule has 5 nitrogen and oxygen atoms in total. The van der Waals surface area contributed by atoms with Crippen molar-refractivity contribution in [1.82, 2.24) is 14.7 Å². The summed E-state index contributed by atoms with van der Waals surface area (Å²) in [7, 11) is 1.37. The first-order valence-corrected chi connectivity index (χ1v) is 8.58. The van der Waals surface area contributed by atoms with Crippen LogP contribution in [0.3, 0.4) is 0 Å². The molecule has 4 rings (SSSR count). The number of rotatable bonds is 2. The van der Waals surface area contributed by atoms with E-state index in [1.165, 1.54) is 24.5 Å². The van der Waals surface area contributed by atoms with Crippen molar-refractivity contribution in [3.05, 3.63) is 51.5 Å². The van der Waals surface area contributed by atoms with Crippen LogP contribution >= 0.6 is 22.9 Å². The Hall–Kier alpha value is -2.12. The summed E-state index contributed by atoms with van der Waals surface area (Å²) in [6.07, 6.45) is 2.12. The van der Waals surface area contributed by atoms with Gasteiger partial charge in [0.05, 0.1) is 30.1 Å². The Morgan fingerprint density at radius 2 is 2.33 bits per heavy atom. The van der Waals surface area contributed by atoms with Crippen LogP contribution in [0.25, 0.3) is 4.96 Å². The van der Waals surface area contributed by atoms with Gasteiger partial charge in [0.1, 0.15) is 0 Å². The van der Waals surface area contributed by atoms with Gasteiger partial charge in [0.25, 0.3) is 0 Å². The monoisotopic (exact) mass is 365 g/mol. The normalized spacial score (nSPS) is 17.5. The fraction of sp³-hybridized carbons (Fsp3) is 0.250. The molecule has 1 aromatic carbocycles. The standard InChI is InChI=1S/C16H13ClFN3O2S/c1-23-15-10(17)4-8(5-11(15)18)9-6-13(22)19-7-12-14(9)21-2-3-24-16(21)20-12/h2-5,9H,6-7H2,1H3,(H,19,22). The molecular formula is C16H13ClFN3O2S. The van der Waals surface area contributed by atoms with Crippen LogP contribution in [0.2, 0.25) is 5.02 Å². The first-order chi connectivity index (χ1) is 11.6. The van der Waals surface area contributed by atoms with E-state index in [1.54, 1.807) is 6.07 Å². The van der Waals surface area contributed by atoms with Gasteiger partial charge in [-0.1, -0.05) is 11.6 Å². The second-order valence-electron chi connectivity index (χ2n) is 5.55. The van der Waals surface area contributed by atoms with Gasteiger partial charge in [-0.2, -0.15) is 0 Å². The summed E-state index contributed by atoms with van der Waals surface area (Å²) in [5.74, 6) is -0.968. The number of benzene rings is 1. The topological polar surface area (TPSA) is 55.6 Å². The fourth-order valence-corrected chi connectivity index (χ4v) is 4.17. The van der Waals surface area contributed by atoms with Crippen LogP contribution in [0.5, 0.6) is 5.75 Å². The molecule has 0 saturated carbocycles. The number of carbonyl (C=O) groups is 1. The summed E-state index contributed by atoms with van der Waals surface area (Å²) in [6.45, 7) is 0.367. The van der Waals surface area contributed by atoms with Crippen molar-refractivity contribution in [3.8, 4) is 5.75 Å². The Bertz CT molecular complexity index is 929. The zero-order valence-corrected chi connectivity index (χ0v) is 14.2. The van der Waals surface area contributed by atoms with E-state index in [0.29, 0.717) is 12.1 Å². The highest BCUT2D eigenvalue weighted by molar-refractivity contribution is 7.15. The molecule has 8 heteroatoms. The molecule has 0 fully saturated rings. The third-order valence-corrected chi connectivity index (χ3v) is 5.21. The lowest BCUT2D eigenvalue weighted by atomic mass is 9.91. The van der Waals surface area contributed by atoms with Crippen molar-refractivity contribution in [1.29, 1.82) is 0 Å². The average molecular weight is 366 g/mol. The summed E-state index contributed by atoms with van der Waals surface area (Å²) < 4.78 is 21.2. The summed E-state index contributed by atoms with van der Waals surface area (Å²) in [4.78, 5) is 17.5. The molecule has 0 aliphatic carbocycles. The summed E-state index contributed by atoms with van der Waals surface area (Å²) in [5.41, 5.74) is 2.32. The van der Waals surface area contributed by atoms with Crippen LogP contribution in [0, 0.1) is 5.82 Å². The van der Waals surface area contributed by atoms with E-state index in [4.69, 9.17) is 16.3 Å². The van der Waals surface area contributed by atoms with E-state index in [2.05, 4.69) is 10.3 Å². The Kier molecular flexibility index (Phi) is 3.69. The number of nitrogens with zero attached hydrogens (tertiary/aromatic N) is 2. The van der Waals surface area contributed by atoms with E-state index in [9.17, 15) is 9.18 Å². The number of hydrogen-bond donors (Lipinski definition) is 1. The van der Waals surface area contributed by atoms with Crippen LogP contribution in [0.1, 0.15) is 29.3 Å². The lowest BCUT2D eigenvalue weighted by Crippen LogP contribution is -2.21. The largest absolute Gasteiger partial charge is 0.492 e. The maximum atomic E-state index is 14.3. The van der Waals surface area contributed by atoms with Crippen LogP contribution in [0.15, 0.2) is 23.7 Å². The first-order valence-electron chi connectivity index (χ1n) is 7.32. The number of carbonyl (C=O) groups excluding carboxylic acids is 1. The Morgan fingerprint density at radius 1 is 1.50 bits per heavy atom. The molecule has 1 atom stereocenters. The summed E-state index contributed by atoms with van der Waals surface area (Å²) >= 11 is 7.66. The predicted octanol–water partition coefficient (Wildman–Crippen LogP) is 3.35. The van der Waals surface area contributed by atoms with E-state index < -0.39 is 5.82 Å². The predicted molar refractivity (Wildman–Crippen MR) is 89.3 cm³/mol. The lowest BCUT2D eigenvalue weighted by Gasteiger charge is -2.17. The quantitative estimate of drug-likeness (QED) is 0.757. The molecule has 0 spiro atoms. The third-order valence-electron chi connectivity index (χ3n) is 4.17. The number of nitrogens with one attached hydrogen (secondary N) is 1. The Balaban J connectivity index is 1.92. The van der Waals surface area contributed by atoms with Crippen molar-refractivity contribution in [3.63, 3.8) is 0 Å². The molecule has 3 heterocycles. The number of methoxy groups -OCH3 is 1. The molecule has 124 valence electrons. The van der Waals surface area contributed by atoms with Crippen molar-refractivity contribution in [2.24, 2.45) is 0 Å². The number of amides is 1. The van der Waals surface area contributed by atoms with Gasteiger partial charge in [-0.3, -0.25) is 9.20 Å². The van der Waals surface area contributed by atoms with Gasteiger partial charge in [0, 0.05) is 23.9 Å². The Morgan fingerprint density at radius 3 is 3.08 bits per heavy atom. The molecular weight excluding hydrogens is 353 g/mol. The maximum absolute atomic E-state index is 14.3. The smallest absolute Gasteiger partial charge is 0.221 e. The van der Waals surface area contributed by atoms with Crippen molar-refractivity contribution < 1.29 is 13.9 Å². The van der Waals surface area contributed by atoms with E-state index in [0.717, 1.165) is 16.3 Å². The van der Waals surface area contributed by atoms with E-state index in [1.807, 2.05) is 16.0 Å². The maximum Gasteiger partial charge on any atom is 0.221 e. The molecule has 0 bridgehead atoms. The average Bonchev–Trinajstić information content (AvgIpc) is 3.07. The molecule has 1 N–H and O–H groups in total. The number of thiazole rings is 1. The molecule has 0 saturated heterocycles. The zero-order valence-electron chi connectivity index (χ0n) is 12.7. The fourth-order valence-electron chi connectivity index (χ4n) is 3.14. The number of fused-ring (bicyclic) bond motifs is 3. The van der Waals surface area contributed by atoms with Crippen LogP contribution in [0.4, 0.5) is 4.39 Å². The number of aromatic nitrogens is 2. The van der Waals surface area contributed by atoms with Gasteiger partial charge >= 0.3 is 0 Å². The van der Waals surface area contributed by atoms with Crippen molar-refractivity contribution in [2.75, 3.05) is 7.11 Å². The number of ether oxygens (including phenoxy) is 1. The summed E-state index contributed by atoms with van der Waals surface area (Å²) in [6, 6.07) is 3.03. The Labute approximate surface area is 146 Å². The summed E-state index contributed by atoms with van der Waals surface area (Å²) in [5, 5.41) is 4.96. The number of hydrogen-bond acceptors (Lipinski definition) is 4. The van der Waals surface area contributed by atoms with Gasteiger partial charge in [-0.05, 0) is 17.7 Å². The highest BCUT2D eigenvalue weighted by Crippen LogP contribution is 2.38. The van der Waals surface area contributed by atoms with Crippen molar-refractivity contribution >= 4 is 33.8 Å². The first kappa shape index (κ1) is 15.4. The van der Waals surface area contributed by atoms with Crippen molar-refractivity contribution in [2.45, 2.75) is 18.9 Å². The lowest BCUT2D eigenvalue weighted by molar-refractivity contribution is -0.121. The molecule has 2 aromatic heterocycles. The molecule has 0 radical (unpaired) electrons. The van der Waals surface area contributed by atoms with Crippen LogP contribution in [-0.2, 0) is 11.3 Å². The van der Waals surface area contributed by atoms with Crippen LogP contribution < -0.4 is 10.1 Å². The highest BCUT2D eigenvalue weighted by Gasteiger charge is 2.30. The molecule has 1 amide bonds. The van der Waals surface area contributed by atoms with E-state index >= 15 is 0 Å². The van der Waals surface area contributed by atoms with E-state index in [-0.39, 0.29) is 29.0 Å². The molecule has 1 aliphatic heterocycles. The SMILES string of the molecule is COc1c(F)cc(C2CC(=O)NCc3nc4sccn4c32)cc1Cl. The number of imidazole rings is 1. The van der Waals surface area contributed by atoms with Crippen LogP contribution in [-0.4, -0.2) is 22.4 Å². The number of halogens is 2. The molecule has 24 heavy (non-hydrogen) atoms. The zero-order chi connectivity index (χ0) is 16.8. The third kappa shape index (κ3) is 2.35. The molecule has 1 aliphatic rings. The second kappa shape index (κ2) is 5.75. The highest BCUT2D eigenvalue weighted by atomic mass is 35.5. The molecule has 1 unspecified atom stereocenters. The minimum absolute atomic E-state index is 0.00711. The van der Waals surface area contributed by atoms with Gasteiger partial charge in [-0.15, -0.1) is 11.3 Å². The van der Waals surface area contributed by atoms with Gasteiger partial charge < -0.3 is 10.1 Å². The second-order valence-corrected chi connectivity index (χ2v) is 6.83.